The molecule has 3 aromatic rings. The normalized spacial score (nSPS) is 10.7. The number of benzene rings is 2. The summed E-state index contributed by atoms with van der Waals surface area (Å²) in [5, 5.41) is 4.32. The molecule has 0 unspecified atom stereocenters. The van der Waals surface area contributed by atoms with Gasteiger partial charge in [-0.2, -0.15) is 0 Å². The van der Waals surface area contributed by atoms with Gasteiger partial charge in [0.1, 0.15) is 11.1 Å². The van der Waals surface area contributed by atoms with Gasteiger partial charge in [0.2, 0.25) is 0 Å². The predicted octanol–water partition coefficient (Wildman–Crippen LogP) is 4.66. The molecule has 0 aliphatic carbocycles. The molecule has 1 amide bonds. The highest BCUT2D eigenvalue weighted by Gasteiger charge is 2.15. The Hall–Kier alpha value is -2.30. The van der Waals surface area contributed by atoms with Crippen LogP contribution in [0.1, 0.15) is 15.9 Å². The van der Waals surface area contributed by atoms with Crippen molar-refractivity contribution in [3.8, 4) is 0 Å². The number of anilines is 1. The summed E-state index contributed by atoms with van der Waals surface area (Å²) in [4.78, 5) is 24.4. The average molecular weight is 348 g/mol. The van der Waals surface area contributed by atoms with E-state index in [0.29, 0.717) is 26.7 Å². The summed E-state index contributed by atoms with van der Waals surface area (Å²) in [5.74, 6) is -0.550. The third kappa shape index (κ3) is 3.23. The van der Waals surface area contributed by atoms with E-state index < -0.39 is 11.5 Å². The highest BCUT2D eigenvalue weighted by Crippen LogP contribution is 2.22. The highest BCUT2D eigenvalue weighted by atomic mass is 35.5. The number of nitrogens with one attached hydrogen (secondary N) is 1. The molecular weight excluding hydrogens is 337 g/mol. The summed E-state index contributed by atoms with van der Waals surface area (Å²) < 4.78 is 5.16. The Morgan fingerprint density at radius 2 is 1.74 bits per heavy atom. The molecule has 4 nitrogen and oxygen atoms in total. The van der Waals surface area contributed by atoms with E-state index in [4.69, 9.17) is 27.6 Å². The lowest BCUT2D eigenvalue weighted by Crippen LogP contribution is -2.21. The van der Waals surface area contributed by atoms with Crippen LogP contribution in [0.5, 0.6) is 0 Å². The Labute approximate surface area is 141 Å². The van der Waals surface area contributed by atoms with E-state index in [1.807, 2.05) is 6.92 Å². The van der Waals surface area contributed by atoms with Crippen LogP contribution in [0.25, 0.3) is 11.0 Å². The smallest absolute Gasteiger partial charge is 0.349 e. The molecule has 3 rings (SSSR count). The van der Waals surface area contributed by atoms with Gasteiger partial charge < -0.3 is 9.73 Å². The maximum Gasteiger partial charge on any atom is 0.349 e. The van der Waals surface area contributed by atoms with Gasteiger partial charge in [0.15, 0.2) is 0 Å². The molecule has 1 aromatic heterocycles. The number of hydrogen-bond donors (Lipinski definition) is 1. The lowest BCUT2D eigenvalue weighted by molar-refractivity contribution is 0.102. The SMILES string of the molecule is Cc1cc(Cl)ccc1NC(=O)c1cc2cc(Cl)ccc2oc1=O. The third-order valence-corrected chi connectivity index (χ3v) is 3.85. The van der Waals surface area contributed by atoms with Crippen molar-refractivity contribution in [1.29, 1.82) is 0 Å². The highest BCUT2D eigenvalue weighted by molar-refractivity contribution is 6.31. The van der Waals surface area contributed by atoms with Crippen LogP contribution in [0.15, 0.2) is 51.7 Å². The zero-order valence-electron chi connectivity index (χ0n) is 12.0. The van der Waals surface area contributed by atoms with E-state index in [9.17, 15) is 9.59 Å². The van der Waals surface area contributed by atoms with Crippen molar-refractivity contribution in [3.63, 3.8) is 0 Å². The molecule has 0 aliphatic heterocycles. The van der Waals surface area contributed by atoms with Crippen molar-refractivity contribution < 1.29 is 9.21 Å². The van der Waals surface area contributed by atoms with Gasteiger partial charge in [0, 0.05) is 21.1 Å². The maximum atomic E-state index is 12.4. The van der Waals surface area contributed by atoms with Gasteiger partial charge in [-0.1, -0.05) is 23.2 Å². The topological polar surface area (TPSA) is 59.3 Å². The second-order valence-electron chi connectivity index (χ2n) is 5.04. The monoisotopic (exact) mass is 347 g/mol. The minimum atomic E-state index is -0.705. The lowest BCUT2D eigenvalue weighted by Gasteiger charge is -2.08. The molecule has 0 atom stereocenters. The van der Waals surface area contributed by atoms with E-state index in [1.165, 1.54) is 6.07 Å². The summed E-state index contributed by atoms with van der Waals surface area (Å²) in [6, 6.07) is 11.4. The van der Waals surface area contributed by atoms with Gasteiger partial charge in [-0.3, -0.25) is 4.79 Å². The van der Waals surface area contributed by atoms with E-state index in [0.717, 1.165) is 5.56 Å². The first-order valence-corrected chi connectivity index (χ1v) is 7.50. The van der Waals surface area contributed by atoms with Crippen LogP contribution in [0, 0.1) is 6.92 Å². The molecule has 0 saturated heterocycles. The van der Waals surface area contributed by atoms with E-state index in [1.54, 1.807) is 36.4 Å². The fraction of sp³-hybridized carbons (Fsp3) is 0.0588. The van der Waals surface area contributed by atoms with E-state index in [2.05, 4.69) is 5.32 Å². The van der Waals surface area contributed by atoms with Crippen LogP contribution >= 0.6 is 23.2 Å². The molecule has 23 heavy (non-hydrogen) atoms. The number of carbonyl (C=O) groups excluding carboxylic acids is 1. The van der Waals surface area contributed by atoms with Gasteiger partial charge in [0.05, 0.1) is 0 Å². The fourth-order valence-corrected chi connectivity index (χ4v) is 2.62. The molecule has 0 saturated carbocycles. The summed E-state index contributed by atoms with van der Waals surface area (Å²) in [6.07, 6.45) is 0. The van der Waals surface area contributed by atoms with Crippen molar-refractivity contribution >= 4 is 45.8 Å². The van der Waals surface area contributed by atoms with E-state index in [-0.39, 0.29) is 5.56 Å². The number of hydrogen-bond acceptors (Lipinski definition) is 3. The number of aryl methyl sites for hydroxylation is 1. The summed E-state index contributed by atoms with van der Waals surface area (Å²) >= 11 is 11.8. The molecular formula is C17H11Cl2NO3. The average Bonchev–Trinajstić information content (AvgIpc) is 2.49. The molecule has 1 N–H and O–H groups in total. The quantitative estimate of drug-likeness (QED) is 0.685. The second-order valence-corrected chi connectivity index (χ2v) is 5.92. The van der Waals surface area contributed by atoms with Gasteiger partial charge in [-0.05, 0) is 55.0 Å². The number of fused-ring (bicyclic) bond motifs is 1. The Kier molecular flexibility index (Phi) is 4.11. The molecule has 1 heterocycles. The van der Waals surface area contributed by atoms with Crippen molar-refractivity contribution in [2.75, 3.05) is 5.32 Å². The first kappa shape index (κ1) is 15.6. The van der Waals surface area contributed by atoms with Crippen molar-refractivity contribution in [3.05, 3.63) is 74.1 Å². The van der Waals surface area contributed by atoms with E-state index >= 15 is 0 Å². The molecule has 2 aromatic carbocycles. The zero-order chi connectivity index (χ0) is 16.6. The third-order valence-electron chi connectivity index (χ3n) is 3.38. The zero-order valence-corrected chi connectivity index (χ0v) is 13.5. The number of carbonyl (C=O) groups is 1. The van der Waals surface area contributed by atoms with Gasteiger partial charge in [-0.25, -0.2) is 4.79 Å². The Morgan fingerprint density at radius 1 is 1.04 bits per heavy atom. The molecule has 0 bridgehead atoms. The van der Waals surface area contributed by atoms with Crippen LogP contribution in [0.3, 0.4) is 0 Å². The summed E-state index contributed by atoms with van der Waals surface area (Å²) in [6.45, 7) is 1.81. The van der Waals surface area contributed by atoms with Crippen molar-refractivity contribution in [1.82, 2.24) is 0 Å². The maximum absolute atomic E-state index is 12.4. The second kappa shape index (κ2) is 6.07. The predicted molar refractivity (Wildman–Crippen MR) is 91.6 cm³/mol. The minimum Gasteiger partial charge on any atom is -0.422 e. The number of amides is 1. The van der Waals surface area contributed by atoms with Crippen LogP contribution in [0.2, 0.25) is 10.0 Å². The standard InChI is InChI=1S/C17H11Cl2NO3/c1-9-6-11(18)2-4-14(9)20-16(21)13-8-10-7-12(19)3-5-15(10)23-17(13)22/h2-8H,1H3,(H,20,21). The van der Waals surface area contributed by atoms with Crippen LogP contribution in [-0.2, 0) is 0 Å². The molecule has 0 fully saturated rings. The largest absolute Gasteiger partial charge is 0.422 e. The Bertz CT molecular complexity index is 979. The minimum absolute atomic E-state index is 0.0888. The van der Waals surface area contributed by atoms with Crippen LogP contribution in [-0.4, -0.2) is 5.91 Å². The summed E-state index contributed by atoms with van der Waals surface area (Å²) in [5.41, 5.74) is 0.945. The first-order valence-electron chi connectivity index (χ1n) is 6.75. The van der Waals surface area contributed by atoms with Crippen molar-refractivity contribution in [2.24, 2.45) is 0 Å². The first-order chi connectivity index (χ1) is 10.9. The van der Waals surface area contributed by atoms with Crippen LogP contribution < -0.4 is 10.9 Å². The van der Waals surface area contributed by atoms with Crippen molar-refractivity contribution in [2.45, 2.75) is 6.92 Å². The molecule has 0 spiro atoms. The molecule has 116 valence electrons. The summed E-state index contributed by atoms with van der Waals surface area (Å²) in [7, 11) is 0. The van der Waals surface area contributed by atoms with Gasteiger partial charge >= 0.3 is 5.63 Å². The lowest BCUT2D eigenvalue weighted by atomic mass is 10.1. The Balaban J connectivity index is 2.00. The molecule has 0 radical (unpaired) electrons. The van der Waals surface area contributed by atoms with Gasteiger partial charge in [0.25, 0.3) is 5.91 Å². The Morgan fingerprint density at radius 3 is 2.48 bits per heavy atom. The van der Waals surface area contributed by atoms with Gasteiger partial charge in [-0.15, -0.1) is 0 Å². The number of halogens is 2. The molecule has 0 aliphatic rings. The fourth-order valence-electron chi connectivity index (χ4n) is 2.21. The van der Waals surface area contributed by atoms with Crippen LogP contribution in [0.4, 0.5) is 5.69 Å². The number of rotatable bonds is 2. The molecule has 6 heteroatoms.